The topological polar surface area (TPSA) is 35.8 Å². The highest BCUT2D eigenvalue weighted by Crippen LogP contribution is 2.16. The average molecular weight is 209 g/mol. The molecule has 0 saturated heterocycles. The molecule has 0 aliphatic rings. The van der Waals surface area contributed by atoms with Gasteiger partial charge < -0.3 is 5.32 Å². The number of anilines is 1. The molecule has 1 unspecified atom stereocenters. The zero-order chi connectivity index (χ0) is 10.6. The summed E-state index contributed by atoms with van der Waals surface area (Å²) in [5.74, 6) is 0.288. The molecule has 0 aliphatic heterocycles. The lowest BCUT2D eigenvalue weighted by atomic mass is 10.1. The molecule has 0 bridgehead atoms. The van der Waals surface area contributed by atoms with E-state index in [9.17, 15) is 0 Å². The third-order valence-electron chi connectivity index (χ3n) is 1.97. The van der Waals surface area contributed by atoms with E-state index >= 15 is 0 Å². The standard InChI is InChI=1S/C11H13ClN2/c1-8(2)11(7-13)14-10-5-3-9(12)4-6-10/h3-6,8,11,14H,1-2H3. The maximum atomic E-state index is 8.87. The molecule has 2 nitrogen and oxygen atoms in total. The second-order valence-corrected chi connectivity index (χ2v) is 3.94. The smallest absolute Gasteiger partial charge is 0.116 e. The zero-order valence-electron chi connectivity index (χ0n) is 8.29. The molecule has 0 amide bonds. The van der Waals surface area contributed by atoms with Crippen molar-refractivity contribution in [3.8, 4) is 6.07 Å². The minimum Gasteiger partial charge on any atom is -0.370 e. The van der Waals surface area contributed by atoms with Gasteiger partial charge in [0.05, 0.1) is 6.07 Å². The van der Waals surface area contributed by atoms with Gasteiger partial charge in [0.15, 0.2) is 0 Å². The van der Waals surface area contributed by atoms with Crippen LogP contribution >= 0.6 is 11.6 Å². The summed E-state index contributed by atoms with van der Waals surface area (Å²) >= 11 is 5.75. The molecule has 0 spiro atoms. The van der Waals surface area contributed by atoms with Gasteiger partial charge in [-0.15, -0.1) is 0 Å². The SMILES string of the molecule is CC(C)C(C#N)Nc1ccc(Cl)cc1. The molecule has 1 aromatic carbocycles. The molecule has 3 heteroatoms. The Balaban J connectivity index is 2.69. The zero-order valence-corrected chi connectivity index (χ0v) is 9.05. The molecule has 0 radical (unpaired) electrons. The lowest BCUT2D eigenvalue weighted by Crippen LogP contribution is -2.23. The molecule has 0 aromatic heterocycles. The highest BCUT2D eigenvalue weighted by atomic mass is 35.5. The van der Waals surface area contributed by atoms with Crippen LogP contribution in [0.4, 0.5) is 5.69 Å². The van der Waals surface area contributed by atoms with Gasteiger partial charge in [-0.3, -0.25) is 0 Å². The van der Waals surface area contributed by atoms with Crippen molar-refractivity contribution >= 4 is 17.3 Å². The van der Waals surface area contributed by atoms with Crippen molar-refractivity contribution in [3.63, 3.8) is 0 Å². The summed E-state index contributed by atoms with van der Waals surface area (Å²) in [5.41, 5.74) is 0.926. The van der Waals surface area contributed by atoms with Gasteiger partial charge in [-0.25, -0.2) is 0 Å². The first-order valence-corrected chi connectivity index (χ1v) is 4.93. The Bertz CT molecular complexity index is 324. The number of rotatable bonds is 3. The summed E-state index contributed by atoms with van der Waals surface area (Å²) in [4.78, 5) is 0. The van der Waals surface area contributed by atoms with Gasteiger partial charge in [-0.2, -0.15) is 5.26 Å². The van der Waals surface area contributed by atoms with Crippen molar-refractivity contribution in [1.29, 1.82) is 5.26 Å². The Morgan fingerprint density at radius 2 is 1.86 bits per heavy atom. The van der Waals surface area contributed by atoms with Crippen LogP contribution in [0.2, 0.25) is 5.02 Å². The van der Waals surface area contributed by atoms with E-state index in [1.54, 1.807) is 12.1 Å². The van der Waals surface area contributed by atoms with Crippen molar-refractivity contribution < 1.29 is 0 Å². The Hall–Kier alpha value is -1.20. The largest absolute Gasteiger partial charge is 0.370 e. The normalized spacial score (nSPS) is 12.2. The monoisotopic (exact) mass is 208 g/mol. The molecule has 0 heterocycles. The van der Waals surface area contributed by atoms with Crippen molar-refractivity contribution in [2.45, 2.75) is 19.9 Å². The van der Waals surface area contributed by atoms with E-state index < -0.39 is 0 Å². The van der Waals surface area contributed by atoms with Crippen molar-refractivity contribution in [2.24, 2.45) is 5.92 Å². The predicted molar refractivity (Wildman–Crippen MR) is 59.3 cm³/mol. The predicted octanol–water partition coefficient (Wildman–Crippen LogP) is 3.30. The van der Waals surface area contributed by atoms with Crippen LogP contribution in [0.3, 0.4) is 0 Å². The number of nitrogens with zero attached hydrogens (tertiary/aromatic N) is 1. The van der Waals surface area contributed by atoms with E-state index in [2.05, 4.69) is 11.4 Å². The van der Waals surface area contributed by atoms with E-state index in [4.69, 9.17) is 16.9 Å². The van der Waals surface area contributed by atoms with Crippen molar-refractivity contribution in [1.82, 2.24) is 0 Å². The molecule has 1 N–H and O–H groups in total. The maximum absolute atomic E-state index is 8.87. The number of halogens is 1. The third kappa shape index (κ3) is 2.93. The van der Waals surface area contributed by atoms with E-state index in [0.29, 0.717) is 5.02 Å². The van der Waals surface area contributed by atoms with Gasteiger partial charge >= 0.3 is 0 Å². The van der Waals surface area contributed by atoms with E-state index in [1.807, 2.05) is 26.0 Å². The highest BCUT2D eigenvalue weighted by Gasteiger charge is 2.10. The molecule has 0 saturated carbocycles. The van der Waals surface area contributed by atoms with Gasteiger partial charge in [-0.1, -0.05) is 25.4 Å². The number of nitrogens with one attached hydrogen (secondary N) is 1. The lowest BCUT2D eigenvalue weighted by Gasteiger charge is -2.15. The fourth-order valence-corrected chi connectivity index (χ4v) is 1.20. The summed E-state index contributed by atoms with van der Waals surface area (Å²) in [5, 5.41) is 12.7. The molecule has 74 valence electrons. The number of benzene rings is 1. The second-order valence-electron chi connectivity index (χ2n) is 3.50. The van der Waals surface area contributed by atoms with Crippen LogP contribution in [0, 0.1) is 17.2 Å². The van der Waals surface area contributed by atoms with Crippen LogP contribution < -0.4 is 5.32 Å². The molecule has 1 aromatic rings. The Morgan fingerprint density at radius 1 is 1.29 bits per heavy atom. The molecule has 14 heavy (non-hydrogen) atoms. The first-order valence-electron chi connectivity index (χ1n) is 4.55. The van der Waals surface area contributed by atoms with Gasteiger partial charge in [0.25, 0.3) is 0 Å². The Labute approximate surface area is 89.5 Å². The average Bonchev–Trinajstić information content (AvgIpc) is 2.16. The molecular formula is C11H13ClN2. The number of nitriles is 1. The summed E-state index contributed by atoms with van der Waals surface area (Å²) in [7, 11) is 0. The fraction of sp³-hybridized carbons (Fsp3) is 0.364. The van der Waals surface area contributed by atoms with Gasteiger partial charge in [0, 0.05) is 10.7 Å². The molecule has 1 atom stereocenters. The molecular weight excluding hydrogens is 196 g/mol. The Morgan fingerprint density at radius 3 is 2.29 bits per heavy atom. The Kier molecular flexibility index (Phi) is 3.79. The van der Waals surface area contributed by atoms with Gasteiger partial charge in [0.2, 0.25) is 0 Å². The van der Waals surface area contributed by atoms with Gasteiger partial charge in [-0.05, 0) is 30.2 Å². The first-order chi connectivity index (χ1) is 6.63. The van der Waals surface area contributed by atoms with Crippen molar-refractivity contribution in [2.75, 3.05) is 5.32 Å². The molecule has 0 fully saturated rings. The van der Waals surface area contributed by atoms with E-state index in [0.717, 1.165) is 5.69 Å². The number of hydrogen-bond acceptors (Lipinski definition) is 2. The van der Waals surface area contributed by atoms with Crippen molar-refractivity contribution in [3.05, 3.63) is 29.3 Å². The summed E-state index contributed by atoms with van der Waals surface area (Å²) in [6, 6.07) is 9.41. The minimum absolute atomic E-state index is 0.156. The lowest BCUT2D eigenvalue weighted by molar-refractivity contribution is 0.609. The first kappa shape index (κ1) is 10.9. The maximum Gasteiger partial charge on any atom is 0.116 e. The fourth-order valence-electron chi connectivity index (χ4n) is 1.07. The highest BCUT2D eigenvalue weighted by molar-refractivity contribution is 6.30. The van der Waals surface area contributed by atoms with Crippen LogP contribution in [-0.2, 0) is 0 Å². The van der Waals surface area contributed by atoms with Crippen LogP contribution in [0.25, 0.3) is 0 Å². The molecule has 0 aliphatic carbocycles. The van der Waals surface area contributed by atoms with E-state index in [1.165, 1.54) is 0 Å². The quantitative estimate of drug-likeness (QED) is 0.828. The second kappa shape index (κ2) is 4.88. The van der Waals surface area contributed by atoms with Crippen LogP contribution in [0.1, 0.15) is 13.8 Å². The summed E-state index contributed by atoms with van der Waals surface area (Å²) in [6.45, 7) is 4.02. The summed E-state index contributed by atoms with van der Waals surface area (Å²) < 4.78 is 0. The minimum atomic E-state index is -0.156. The molecule has 1 rings (SSSR count). The number of hydrogen-bond donors (Lipinski definition) is 1. The van der Waals surface area contributed by atoms with Crippen LogP contribution in [-0.4, -0.2) is 6.04 Å². The van der Waals surface area contributed by atoms with Crippen LogP contribution in [0.15, 0.2) is 24.3 Å². The van der Waals surface area contributed by atoms with Gasteiger partial charge in [0.1, 0.15) is 6.04 Å². The van der Waals surface area contributed by atoms with Crippen LogP contribution in [0.5, 0.6) is 0 Å². The summed E-state index contributed by atoms with van der Waals surface area (Å²) in [6.07, 6.45) is 0. The third-order valence-corrected chi connectivity index (χ3v) is 2.22. The van der Waals surface area contributed by atoms with E-state index in [-0.39, 0.29) is 12.0 Å².